The van der Waals surface area contributed by atoms with Crippen LogP contribution in [0.25, 0.3) is 0 Å². The maximum absolute atomic E-state index is 12.8. The van der Waals surface area contributed by atoms with E-state index in [0.29, 0.717) is 5.56 Å². The van der Waals surface area contributed by atoms with Crippen LogP contribution in [0, 0.1) is 5.82 Å². The number of nitrogens with two attached hydrogens (primary N) is 1. The van der Waals surface area contributed by atoms with Gasteiger partial charge in [-0.3, -0.25) is 4.79 Å². The number of hydrogen-bond donors (Lipinski definition) is 1. The van der Waals surface area contributed by atoms with Crippen LogP contribution in [0.1, 0.15) is 24.2 Å². The molecule has 0 fully saturated rings. The number of hydrogen-bond acceptors (Lipinski definition) is 2. The third-order valence-corrected chi connectivity index (χ3v) is 2.06. The van der Waals surface area contributed by atoms with Crippen molar-refractivity contribution in [1.82, 2.24) is 0 Å². The first-order valence-corrected chi connectivity index (χ1v) is 4.49. The number of halogens is 2. The molecule has 0 spiro atoms. The molecule has 0 aliphatic heterocycles. The molecule has 14 heavy (non-hydrogen) atoms. The summed E-state index contributed by atoms with van der Waals surface area (Å²) in [7, 11) is 0. The number of carbonyl (C=O) groups is 1. The molecule has 0 unspecified atom stereocenters. The molecule has 76 valence electrons. The Balaban J connectivity index is 3.10. The molecule has 0 radical (unpaired) electrons. The first-order chi connectivity index (χ1) is 6.32. The topological polar surface area (TPSA) is 43.1 Å². The normalized spacial score (nSPS) is 11.5. The van der Waals surface area contributed by atoms with Crippen molar-refractivity contribution in [2.24, 2.45) is 5.73 Å². The summed E-state index contributed by atoms with van der Waals surface area (Å²) in [4.78, 5) is 11.6. The van der Waals surface area contributed by atoms with Crippen molar-refractivity contribution in [2.75, 3.05) is 0 Å². The second-order valence-corrected chi connectivity index (χ2v) is 4.09. The fraction of sp³-hybridized carbons (Fsp3) is 0.300. The van der Waals surface area contributed by atoms with Gasteiger partial charge in [0, 0.05) is 5.56 Å². The summed E-state index contributed by atoms with van der Waals surface area (Å²) in [6.07, 6.45) is 0. The van der Waals surface area contributed by atoms with E-state index < -0.39 is 11.4 Å². The molecule has 1 aromatic rings. The lowest BCUT2D eigenvalue weighted by molar-refractivity contribution is 0.0913. The van der Waals surface area contributed by atoms with Crippen molar-refractivity contribution in [3.63, 3.8) is 0 Å². The molecule has 1 aromatic carbocycles. The third-order valence-electron chi connectivity index (χ3n) is 1.77. The Bertz CT molecular complexity index is 371. The first kappa shape index (κ1) is 11.1. The van der Waals surface area contributed by atoms with Gasteiger partial charge < -0.3 is 5.73 Å². The molecule has 0 atom stereocenters. The summed E-state index contributed by atoms with van der Waals surface area (Å²) < 4.78 is 12.8. The maximum Gasteiger partial charge on any atom is 0.182 e. The predicted molar refractivity (Wildman–Crippen MR) is 54.0 cm³/mol. The van der Waals surface area contributed by atoms with Crippen LogP contribution in [0.5, 0.6) is 0 Å². The molecule has 2 nitrogen and oxygen atoms in total. The lowest BCUT2D eigenvalue weighted by Gasteiger charge is -2.16. The van der Waals surface area contributed by atoms with E-state index in [1.54, 1.807) is 13.8 Å². The van der Waals surface area contributed by atoms with Crippen LogP contribution in [0.4, 0.5) is 4.39 Å². The molecule has 1 rings (SSSR count). The molecule has 0 heterocycles. The molecule has 4 heteroatoms. The summed E-state index contributed by atoms with van der Waals surface area (Å²) in [5.74, 6) is -0.808. The predicted octanol–water partition coefficient (Wildman–Crippen LogP) is 2.40. The monoisotopic (exact) mass is 215 g/mol. The van der Waals surface area contributed by atoms with Crippen LogP contribution in [-0.4, -0.2) is 11.3 Å². The maximum atomic E-state index is 12.8. The minimum absolute atomic E-state index is 0.0694. The molecule has 0 saturated heterocycles. The number of ketones is 1. The number of benzene rings is 1. The zero-order chi connectivity index (χ0) is 10.9. The van der Waals surface area contributed by atoms with Gasteiger partial charge in [0.05, 0.1) is 10.6 Å². The Kier molecular flexibility index (Phi) is 2.92. The van der Waals surface area contributed by atoms with Gasteiger partial charge in [-0.25, -0.2) is 4.39 Å². The van der Waals surface area contributed by atoms with Crippen molar-refractivity contribution in [1.29, 1.82) is 0 Å². The third kappa shape index (κ3) is 2.30. The smallest absolute Gasteiger partial charge is 0.182 e. The van der Waals surface area contributed by atoms with Crippen LogP contribution in [0.2, 0.25) is 5.02 Å². The Morgan fingerprint density at radius 2 is 2.07 bits per heavy atom. The van der Waals surface area contributed by atoms with Crippen LogP contribution < -0.4 is 5.73 Å². The van der Waals surface area contributed by atoms with E-state index in [0.717, 1.165) is 6.07 Å². The van der Waals surface area contributed by atoms with Gasteiger partial charge >= 0.3 is 0 Å². The van der Waals surface area contributed by atoms with Crippen LogP contribution >= 0.6 is 11.6 Å². The van der Waals surface area contributed by atoms with Crippen molar-refractivity contribution < 1.29 is 9.18 Å². The zero-order valence-corrected chi connectivity index (χ0v) is 8.73. The second kappa shape index (κ2) is 3.67. The number of Topliss-reactive ketones (excluding diaryl/α,β-unsaturated/α-hetero) is 1. The highest BCUT2D eigenvalue weighted by Gasteiger charge is 2.23. The van der Waals surface area contributed by atoms with Crippen LogP contribution in [-0.2, 0) is 0 Å². The Hall–Kier alpha value is -0.930. The minimum Gasteiger partial charge on any atom is -0.319 e. The van der Waals surface area contributed by atoms with Crippen molar-refractivity contribution in [3.8, 4) is 0 Å². The SMILES string of the molecule is CC(C)(N)C(=O)c1ccc(F)c(Cl)c1. The second-order valence-electron chi connectivity index (χ2n) is 3.68. The molecule has 2 N–H and O–H groups in total. The number of carbonyl (C=O) groups excluding carboxylic acids is 1. The number of rotatable bonds is 2. The van der Waals surface area contributed by atoms with Gasteiger partial charge in [0.2, 0.25) is 0 Å². The van der Waals surface area contributed by atoms with E-state index in [9.17, 15) is 9.18 Å². The van der Waals surface area contributed by atoms with Crippen LogP contribution in [0.15, 0.2) is 18.2 Å². The quantitative estimate of drug-likeness (QED) is 0.770. The zero-order valence-electron chi connectivity index (χ0n) is 7.97. The van der Waals surface area contributed by atoms with Gasteiger partial charge in [-0.05, 0) is 32.0 Å². The highest BCUT2D eigenvalue weighted by molar-refractivity contribution is 6.31. The molecule has 0 aromatic heterocycles. The minimum atomic E-state index is -0.971. The van der Waals surface area contributed by atoms with Crippen molar-refractivity contribution in [3.05, 3.63) is 34.6 Å². The lowest BCUT2D eigenvalue weighted by Crippen LogP contribution is -2.41. The van der Waals surface area contributed by atoms with Gasteiger partial charge in [-0.2, -0.15) is 0 Å². The summed E-state index contributed by atoms with van der Waals surface area (Å²) in [5, 5.41) is -0.0694. The van der Waals surface area contributed by atoms with E-state index in [1.165, 1.54) is 12.1 Å². The van der Waals surface area contributed by atoms with E-state index in [4.69, 9.17) is 17.3 Å². The van der Waals surface area contributed by atoms with Gasteiger partial charge in [0.1, 0.15) is 5.82 Å². The Morgan fingerprint density at radius 1 is 1.50 bits per heavy atom. The largest absolute Gasteiger partial charge is 0.319 e. The molecule has 0 amide bonds. The van der Waals surface area contributed by atoms with Gasteiger partial charge in [0.15, 0.2) is 5.78 Å². The van der Waals surface area contributed by atoms with E-state index in [1.807, 2.05) is 0 Å². The Labute approximate surface area is 86.9 Å². The average molecular weight is 216 g/mol. The highest BCUT2D eigenvalue weighted by Crippen LogP contribution is 2.18. The molecular weight excluding hydrogens is 205 g/mol. The van der Waals surface area contributed by atoms with Gasteiger partial charge in [0.25, 0.3) is 0 Å². The van der Waals surface area contributed by atoms with Gasteiger partial charge in [-0.1, -0.05) is 11.6 Å². The van der Waals surface area contributed by atoms with Crippen molar-refractivity contribution in [2.45, 2.75) is 19.4 Å². The van der Waals surface area contributed by atoms with Crippen molar-refractivity contribution >= 4 is 17.4 Å². The fourth-order valence-corrected chi connectivity index (χ4v) is 1.19. The fourth-order valence-electron chi connectivity index (χ4n) is 1.01. The molecule has 0 saturated carbocycles. The summed E-state index contributed by atoms with van der Waals surface area (Å²) >= 11 is 5.54. The molecule has 0 aliphatic carbocycles. The van der Waals surface area contributed by atoms with E-state index in [-0.39, 0.29) is 10.8 Å². The first-order valence-electron chi connectivity index (χ1n) is 4.11. The standard InChI is InChI=1S/C10H11ClFNO/c1-10(2,13)9(14)6-3-4-8(12)7(11)5-6/h3-5H,13H2,1-2H3. The average Bonchev–Trinajstić information content (AvgIpc) is 2.07. The molecule has 0 aliphatic rings. The molecule has 0 bridgehead atoms. The molecular formula is C10H11ClFNO. The van der Waals surface area contributed by atoms with E-state index >= 15 is 0 Å². The Morgan fingerprint density at radius 3 is 2.50 bits per heavy atom. The highest BCUT2D eigenvalue weighted by atomic mass is 35.5. The van der Waals surface area contributed by atoms with Crippen LogP contribution in [0.3, 0.4) is 0 Å². The summed E-state index contributed by atoms with van der Waals surface area (Å²) in [6, 6.07) is 3.81. The van der Waals surface area contributed by atoms with Gasteiger partial charge in [-0.15, -0.1) is 0 Å². The van der Waals surface area contributed by atoms with E-state index in [2.05, 4.69) is 0 Å². The summed E-state index contributed by atoms with van der Waals surface area (Å²) in [5.41, 5.74) is 4.96. The lowest BCUT2D eigenvalue weighted by atomic mass is 9.94. The summed E-state index contributed by atoms with van der Waals surface area (Å²) in [6.45, 7) is 3.18.